The predicted octanol–water partition coefficient (Wildman–Crippen LogP) is 1.53. The molecule has 5 nitrogen and oxygen atoms in total. The van der Waals surface area contributed by atoms with Crippen molar-refractivity contribution in [3.05, 3.63) is 24.3 Å². The first-order valence-corrected chi connectivity index (χ1v) is 7.14. The van der Waals surface area contributed by atoms with E-state index < -0.39 is 6.10 Å². The zero-order valence-electron chi connectivity index (χ0n) is 11.8. The Morgan fingerprint density at radius 3 is 3.10 bits per heavy atom. The molecule has 0 radical (unpaired) electrons. The summed E-state index contributed by atoms with van der Waals surface area (Å²) in [7, 11) is 0. The van der Waals surface area contributed by atoms with Crippen molar-refractivity contribution in [3.63, 3.8) is 0 Å². The van der Waals surface area contributed by atoms with Crippen LogP contribution in [-0.4, -0.2) is 36.3 Å². The molecule has 5 heteroatoms. The molecule has 1 aromatic carbocycles. The smallest absolute Gasteiger partial charge is 0.241 e. The standard InChI is InChI=1S/C15H22N2O3/c1-2-3-7-20-13-6-4-5-11(8-13)17-15(19)14-9-12(18)10-16-14/h4-6,8,12,14,16,18H,2-3,7,9-10H2,1H3,(H,17,19). The summed E-state index contributed by atoms with van der Waals surface area (Å²) >= 11 is 0. The maximum atomic E-state index is 12.0. The van der Waals surface area contributed by atoms with E-state index >= 15 is 0 Å². The van der Waals surface area contributed by atoms with Gasteiger partial charge in [-0.1, -0.05) is 19.4 Å². The van der Waals surface area contributed by atoms with Crippen LogP contribution in [0.15, 0.2) is 24.3 Å². The molecule has 0 saturated carbocycles. The van der Waals surface area contributed by atoms with Gasteiger partial charge >= 0.3 is 0 Å². The molecule has 1 fully saturated rings. The Labute approximate surface area is 119 Å². The lowest BCUT2D eigenvalue weighted by atomic mass is 10.2. The van der Waals surface area contributed by atoms with Gasteiger partial charge in [0.2, 0.25) is 5.91 Å². The van der Waals surface area contributed by atoms with Crippen LogP contribution in [-0.2, 0) is 4.79 Å². The fraction of sp³-hybridized carbons (Fsp3) is 0.533. The summed E-state index contributed by atoms with van der Waals surface area (Å²) in [6.45, 7) is 3.27. The number of β-amino-alcohol motifs (C(OH)–C–C–N with tert-alkyl or cyclic N) is 1. The van der Waals surface area contributed by atoms with Gasteiger partial charge < -0.3 is 20.5 Å². The van der Waals surface area contributed by atoms with Gasteiger partial charge in [0.15, 0.2) is 0 Å². The Kier molecular flexibility index (Phi) is 5.38. The second-order valence-electron chi connectivity index (χ2n) is 5.07. The van der Waals surface area contributed by atoms with Gasteiger partial charge in [-0.3, -0.25) is 4.79 Å². The van der Waals surface area contributed by atoms with Crippen LogP contribution in [0.3, 0.4) is 0 Å². The molecule has 1 amide bonds. The van der Waals surface area contributed by atoms with Crippen molar-refractivity contribution in [2.24, 2.45) is 0 Å². The fourth-order valence-corrected chi connectivity index (χ4v) is 2.14. The van der Waals surface area contributed by atoms with Gasteiger partial charge in [-0.2, -0.15) is 0 Å². The third-order valence-corrected chi connectivity index (χ3v) is 3.29. The minimum absolute atomic E-state index is 0.118. The van der Waals surface area contributed by atoms with Crippen LogP contribution >= 0.6 is 0 Å². The van der Waals surface area contributed by atoms with Crippen molar-refractivity contribution < 1.29 is 14.6 Å². The van der Waals surface area contributed by atoms with E-state index in [1.165, 1.54) is 0 Å². The number of carbonyl (C=O) groups is 1. The molecule has 1 heterocycles. The number of aliphatic hydroxyl groups excluding tert-OH is 1. The molecule has 0 aromatic heterocycles. The number of hydrogen-bond acceptors (Lipinski definition) is 4. The molecule has 0 bridgehead atoms. The van der Waals surface area contributed by atoms with Gasteiger partial charge in [0.1, 0.15) is 5.75 Å². The molecule has 3 N–H and O–H groups in total. The Hall–Kier alpha value is -1.59. The Bertz CT molecular complexity index is 450. The number of hydrogen-bond donors (Lipinski definition) is 3. The van der Waals surface area contributed by atoms with Gasteiger partial charge in [-0.25, -0.2) is 0 Å². The highest BCUT2D eigenvalue weighted by molar-refractivity contribution is 5.95. The zero-order chi connectivity index (χ0) is 14.4. The van der Waals surface area contributed by atoms with E-state index in [1.807, 2.05) is 24.3 Å². The number of carbonyl (C=O) groups excluding carboxylic acids is 1. The highest BCUT2D eigenvalue weighted by Crippen LogP contribution is 2.18. The second kappa shape index (κ2) is 7.26. The SMILES string of the molecule is CCCCOc1cccc(NC(=O)C2CC(O)CN2)c1. The Balaban J connectivity index is 1.88. The average molecular weight is 278 g/mol. The molecule has 0 spiro atoms. The number of aliphatic hydroxyl groups is 1. The number of benzene rings is 1. The first-order valence-electron chi connectivity index (χ1n) is 7.14. The lowest BCUT2D eigenvalue weighted by molar-refractivity contribution is -0.117. The number of unbranched alkanes of at least 4 members (excludes halogenated alkanes) is 1. The quantitative estimate of drug-likeness (QED) is 0.690. The van der Waals surface area contributed by atoms with Crippen LogP contribution < -0.4 is 15.4 Å². The Morgan fingerprint density at radius 1 is 1.55 bits per heavy atom. The largest absolute Gasteiger partial charge is 0.494 e. The number of ether oxygens (including phenoxy) is 1. The lowest BCUT2D eigenvalue weighted by Gasteiger charge is -2.12. The fourth-order valence-electron chi connectivity index (χ4n) is 2.14. The van der Waals surface area contributed by atoms with E-state index in [0.29, 0.717) is 25.3 Å². The highest BCUT2D eigenvalue weighted by Gasteiger charge is 2.27. The summed E-state index contributed by atoms with van der Waals surface area (Å²) < 4.78 is 5.60. The van der Waals surface area contributed by atoms with Crippen molar-refractivity contribution >= 4 is 11.6 Å². The molecule has 2 rings (SSSR count). The molecule has 0 aliphatic carbocycles. The summed E-state index contributed by atoms with van der Waals surface area (Å²) in [6.07, 6.45) is 2.12. The molecular weight excluding hydrogens is 256 g/mol. The van der Waals surface area contributed by atoms with Gasteiger partial charge in [0.25, 0.3) is 0 Å². The molecule has 2 atom stereocenters. The molecule has 20 heavy (non-hydrogen) atoms. The summed E-state index contributed by atoms with van der Waals surface area (Å²) in [6, 6.07) is 7.06. The molecule has 1 aliphatic rings. The molecule has 1 aliphatic heterocycles. The van der Waals surface area contributed by atoms with E-state index in [2.05, 4.69) is 17.6 Å². The number of nitrogens with one attached hydrogen (secondary N) is 2. The number of rotatable bonds is 6. The predicted molar refractivity (Wildman–Crippen MR) is 77.9 cm³/mol. The molecule has 1 aromatic rings. The van der Waals surface area contributed by atoms with Crippen molar-refractivity contribution in [2.45, 2.75) is 38.3 Å². The molecule has 1 saturated heterocycles. The minimum atomic E-state index is -0.436. The topological polar surface area (TPSA) is 70.6 Å². The first kappa shape index (κ1) is 14.8. The summed E-state index contributed by atoms with van der Waals surface area (Å²) in [5, 5.41) is 15.2. The van der Waals surface area contributed by atoms with E-state index in [1.54, 1.807) is 0 Å². The van der Waals surface area contributed by atoms with E-state index in [-0.39, 0.29) is 11.9 Å². The van der Waals surface area contributed by atoms with Crippen molar-refractivity contribution in [1.82, 2.24) is 5.32 Å². The van der Waals surface area contributed by atoms with Crippen LogP contribution in [0.25, 0.3) is 0 Å². The molecular formula is C15H22N2O3. The van der Waals surface area contributed by atoms with Gasteiger partial charge in [-0.15, -0.1) is 0 Å². The number of amides is 1. The van der Waals surface area contributed by atoms with Gasteiger partial charge in [0.05, 0.1) is 18.8 Å². The highest BCUT2D eigenvalue weighted by atomic mass is 16.5. The third-order valence-electron chi connectivity index (χ3n) is 3.29. The van der Waals surface area contributed by atoms with E-state index in [9.17, 15) is 9.90 Å². The van der Waals surface area contributed by atoms with Crippen LogP contribution in [0.4, 0.5) is 5.69 Å². The Morgan fingerprint density at radius 2 is 2.40 bits per heavy atom. The van der Waals surface area contributed by atoms with Crippen molar-refractivity contribution in [3.8, 4) is 5.75 Å². The van der Waals surface area contributed by atoms with Crippen LogP contribution in [0, 0.1) is 0 Å². The number of anilines is 1. The zero-order valence-corrected chi connectivity index (χ0v) is 11.8. The maximum absolute atomic E-state index is 12.0. The molecule has 110 valence electrons. The second-order valence-corrected chi connectivity index (χ2v) is 5.07. The van der Waals surface area contributed by atoms with Crippen molar-refractivity contribution in [1.29, 1.82) is 0 Å². The average Bonchev–Trinajstić information content (AvgIpc) is 2.86. The monoisotopic (exact) mass is 278 g/mol. The summed E-state index contributed by atoms with van der Waals surface area (Å²) in [5.74, 6) is 0.642. The van der Waals surface area contributed by atoms with E-state index in [4.69, 9.17) is 4.74 Å². The summed E-state index contributed by atoms with van der Waals surface area (Å²) in [4.78, 5) is 12.0. The lowest BCUT2D eigenvalue weighted by Crippen LogP contribution is -2.35. The summed E-state index contributed by atoms with van der Waals surface area (Å²) in [5.41, 5.74) is 0.715. The van der Waals surface area contributed by atoms with Gasteiger partial charge in [-0.05, 0) is 25.0 Å². The minimum Gasteiger partial charge on any atom is -0.494 e. The van der Waals surface area contributed by atoms with E-state index in [0.717, 1.165) is 18.6 Å². The molecule has 2 unspecified atom stereocenters. The maximum Gasteiger partial charge on any atom is 0.241 e. The third kappa shape index (κ3) is 4.21. The first-order chi connectivity index (χ1) is 9.69. The van der Waals surface area contributed by atoms with Crippen molar-refractivity contribution in [2.75, 3.05) is 18.5 Å². The van der Waals surface area contributed by atoms with Gasteiger partial charge in [0, 0.05) is 18.3 Å². The van der Waals surface area contributed by atoms with Crippen LogP contribution in [0.5, 0.6) is 5.75 Å². The normalized spacial score (nSPS) is 21.7. The van der Waals surface area contributed by atoms with Crippen LogP contribution in [0.1, 0.15) is 26.2 Å². The van der Waals surface area contributed by atoms with Crippen LogP contribution in [0.2, 0.25) is 0 Å².